The van der Waals surface area contributed by atoms with E-state index >= 15 is 0 Å². The van der Waals surface area contributed by atoms with Crippen LogP contribution in [-0.2, 0) is 0 Å². The van der Waals surface area contributed by atoms with Crippen LogP contribution in [-0.4, -0.2) is 18.0 Å². The summed E-state index contributed by atoms with van der Waals surface area (Å²) in [5.41, 5.74) is 0.881. The molecule has 0 unspecified atom stereocenters. The summed E-state index contributed by atoms with van der Waals surface area (Å²) in [5.74, 6) is 0.537. The lowest BCUT2D eigenvalue weighted by atomic mass is 10.1. The zero-order valence-electron chi connectivity index (χ0n) is 12.6. The summed E-state index contributed by atoms with van der Waals surface area (Å²) in [5, 5.41) is 3.21. The highest BCUT2D eigenvalue weighted by Gasteiger charge is 2.14. The Labute approximate surface area is 131 Å². The topological polar surface area (TPSA) is 81.4 Å². The van der Waals surface area contributed by atoms with Gasteiger partial charge in [0.1, 0.15) is 17.2 Å². The number of rotatable bonds is 3. The lowest BCUT2D eigenvalue weighted by Crippen LogP contribution is -2.16. The summed E-state index contributed by atoms with van der Waals surface area (Å²) in [6, 6.07) is 9.68. The van der Waals surface area contributed by atoms with E-state index in [0.717, 1.165) is 5.56 Å². The van der Waals surface area contributed by atoms with Crippen LogP contribution < -0.4 is 15.7 Å². The van der Waals surface area contributed by atoms with Crippen molar-refractivity contribution in [2.24, 2.45) is 0 Å². The Hall–Kier alpha value is -3.15. The number of nitrogens with one attached hydrogen (secondary N) is 1. The van der Waals surface area contributed by atoms with Crippen molar-refractivity contribution in [1.29, 1.82) is 0 Å². The summed E-state index contributed by atoms with van der Waals surface area (Å²) in [6.07, 6.45) is 1.60. The molecule has 0 radical (unpaired) electrons. The number of amides is 1. The minimum absolute atomic E-state index is 0.224. The molecule has 0 saturated carbocycles. The third kappa shape index (κ3) is 3.06. The Bertz CT molecular complexity index is 947. The Morgan fingerprint density at radius 1 is 1.22 bits per heavy atom. The highest BCUT2D eigenvalue weighted by molar-refractivity contribution is 6.11. The predicted octanol–water partition coefficient (Wildman–Crippen LogP) is 2.76. The molecule has 0 aliphatic rings. The average molecular weight is 310 g/mol. The summed E-state index contributed by atoms with van der Waals surface area (Å²) in [7, 11) is 1.51. The monoisotopic (exact) mass is 310 g/mol. The molecule has 0 saturated heterocycles. The van der Waals surface area contributed by atoms with E-state index in [1.54, 1.807) is 30.5 Å². The number of pyridine rings is 1. The van der Waals surface area contributed by atoms with E-state index in [2.05, 4.69) is 10.3 Å². The Kier molecular flexibility index (Phi) is 3.80. The van der Waals surface area contributed by atoms with E-state index in [4.69, 9.17) is 9.15 Å². The van der Waals surface area contributed by atoms with E-state index in [0.29, 0.717) is 22.5 Å². The first-order valence-electron chi connectivity index (χ1n) is 6.93. The van der Waals surface area contributed by atoms with E-state index in [1.165, 1.54) is 13.2 Å². The van der Waals surface area contributed by atoms with Crippen LogP contribution in [0.15, 0.2) is 51.8 Å². The smallest absolute Gasteiger partial charge is 0.337 e. The van der Waals surface area contributed by atoms with Crippen molar-refractivity contribution >= 4 is 22.7 Å². The second kappa shape index (κ2) is 5.92. The summed E-state index contributed by atoms with van der Waals surface area (Å²) >= 11 is 0. The second-order valence-corrected chi connectivity index (χ2v) is 5.01. The lowest BCUT2D eigenvalue weighted by molar-refractivity contribution is 0.102. The van der Waals surface area contributed by atoms with Crippen LogP contribution >= 0.6 is 0 Å². The van der Waals surface area contributed by atoms with Crippen molar-refractivity contribution in [3.63, 3.8) is 0 Å². The molecule has 2 heterocycles. The SMILES string of the molecule is COc1ccc2c(C(=O)Nc3cc(C)ccn3)cc(=O)oc2c1. The van der Waals surface area contributed by atoms with Crippen molar-refractivity contribution in [2.45, 2.75) is 6.92 Å². The predicted molar refractivity (Wildman–Crippen MR) is 86.0 cm³/mol. The number of carbonyl (C=O) groups is 1. The van der Waals surface area contributed by atoms with Gasteiger partial charge in [0.2, 0.25) is 0 Å². The van der Waals surface area contributed by atoms with Crippen molar-refractivity contribution in [1.82, 2.24) is 4.98 Å². The number of fused-ring (bicyclic) bond motifs is 1. The van der Waals surface area contributed by atoms with Crippen molar-refractivity contribution < 1.29 is 13.9 Å². The van der Waals surface area contributed by atoms with Gasteiger partial charge < -0.3 is 14.5 Å². The van der Waals surface area contributed by atoms with Crippen LogP contribution in [0, 0.1) is 6.92 Å². The molecule has 23 heavy (non-hydrogen) atoms. The fraction of sp³-hybridized carbons (Fsp3) is 0.118. The molecule has 0 atom stereocenters. The highest BCUT2D eigenvalue weighted by atomic mass is 16.5. The number of anilines is 1. The van der Waals surface area contributed by atoms with Crippen molar-refractivity contribution in [2.75, 3.05) is 12.4 Å². The normalized spacial score (nSPS) is 10.5. The van der Waals surface area contributed by atoms with Gasteiger partial charge in [0.25, 0.3) is 5.91 Å². The maximum atomic E-state index is 12.5. The van der Waals surface area contributed by atoms with E-state index in [-0.39, 0.29) is 5.56 Å². The fourth-order valence-electron chi connectivity index (χ4n) is 2.25. The van der Waals surface area contributed by atoms with Gasteiger partial charge in [-0.2, -0.15) is 0 Å². The van der Waals surface area contributed by atoms with Gasteiger partial charge in [0.05, 0.1) is 12.7 Å². The molecule has 0 aliphatic carbocycles. The molecule has 0 aliphatic heterocycles. The Balaban J connectivity index is 2.04. The quantitative estimate of drug-likeness (QED) is 0.752. The van der Waals surface area contributed by atoms with Crippen LogP contribution in [0.4, 0.5) is 5.82 Å². The molecule has 1 amide bonds. The van der Waals surface area contributed by atoms with Crippen LogP contribution in [0.5, 0.6) is 5.75 Å². The number of carbonyl (C=O) groups excluding carboxylic acids is 1. The van der Waals surface area contributed by atoms with Gasteiger partial charge in [0.15, 0.2) is 0 Å². The van der Waals surface area contributed by atoms with Crippen molar-refractivity contribution in [3.05, 3.63) is 64.1 Å². The zero-order chi connectivity index (χ0) is 16.4. The third-order valence-electron chi connectivity index (χ3n) is 3.35. The summed E-state index contributed by atoms with van der Waals surface area (Å²) in [6.45, 7) is 1.90. The van der Waals surface area contributed by atoms with Gasteiger partial charge in [-0.05, 0) is 36.8 Å². The largest absolute Gasteiger partial charge is 0.497 e. The van der Waals surface area contributed by atoms with Gasteiger partial charge in [-0.1, -0.05) is 0 Å². The fourth-order valence-corrected chi connectivity index (χ4v) is 2.25. The molecule has 2 aromatic heterocycles. The molecule has 0 bridgehead atoms. The van der Waals surface area contributed by atoms with Gasteiger partial charge in [-0.15, -0.1) is 0 Å². The highest BCUT2D eigenvalue weighted by Crippen LogP contribution is 2.23. The molecule has 3 aromatic rings. The number of benzene rings is 1. The van der Waals surface area contributed by atoms with E-state index < -0.39 is 11.5 Å². The maximum Gasteiger partial charge on any atom is 0.337 e. The number of hydrogen-bond acceptors (Lipinski definition) is 5. The van der Waals surface area contributed by atoms with Crippen LogP contribution in [0.25, 0.3) is 11.0 Å². The number of nitrogens with zero attached hydrogens (tertiary/aromatic N) is 1. The second-order valence-electron chi connectivity index (χ2n) is 5.01. The van der Waals surface area contributed by atoms with Gasteiger partial charge >= 0.3 is 5.63 Å². The van der Waals surface area contributed by atoms with Crippen molar-refractivity contribution in [3.8, 4) is 5.75 Å². The Morgan fingerprint density at radius 3 is 2.78 bits per heavy atom. The summed E-state index contributed by atoms with van der Waals surface area (Å²) in [4.78, 5) is 28.3. The lowest BCUT2D eigenvalue weighted by Gasteiger charge is -2.08. The molecule has 3 rings (SSSR count). The minimum atomic E-state index is -0.604. The molecular weight excluding hydrogens is 296 g/mol. The number of methoxy groups -OCH3 is 1. The first-order valence-corrected chi connectivity index (χ1v) is 6.93. The number of ether oxygens (including phenoxy) is 1. The molecule has 6 nitrogen and oxygen atoms in total. The molecule has 1 aromatic carbocycles. The van der Waals surface area contributed by atoms with Gasteiger partial charge in [-0.3, -0.25) is 4.79 Å². The van der Waals surface area contributed by atoms with Crippen LogP contribution in [0.1, 0.15) is 15.9 Å². The molecule has 0 spiro atoms. The van der Waals surface area contributed by atoms with Crippen LogP contribution in [0.2, 0.25) is 0 Å². The van der Waals surface area contributed by atoms with E-state index in [9.17, 15) is 9.59 Å². The standard InChI is InChI=1S/C17H14N2O4/c1-10-5-6-18-15(7-10)19-17(21)13-9-16(20)23-14-8-11(22-2)3-4-12(13)14/h3-9H,1-2H3,(H,18,19,21). The minimum Gasteiger partial charge on any atom is -0.497 e. The van der Waals surface area contributed by atoms with Crippen LogP contribution in [0.3, 0.4) is 0 Å². The van der Waals surface area contributed by atoms with Gasteiger partial charge in [0, 0.05) is 23.7 Å². The number of aryl methyl sites for hydroxylation is 1. The summed E-state index contributed by atoms with van der Waals surface area (Å²) < 4.78 is 10.2. The third-order valence-corrected chi connectivity index (χ3v) is 3.35. The molecular formula is C17H14N2O4. The van der Waals surface area contributed by atoms with E-state index in [1.807, 2.05) is 13.0 Å². The number of hydrogen-bond donors (Lipinski definition) is 1. The molecule has 1 N–H and O–H groups in total. The molecule has 116 valence electrons. The number of aromatic nitrogens is 1. The average Bonchev–Trinajstić information content (AvgIpc) is 2.53. The first kappa shape index (κ1) is 14.8. The first-order chi connectivity index (χ1) is 11.1. The molecule has 6 heteroatoms. The zero-order valence-corrected chi connectivity index (χ0v) is 12.6. The Morgan fingerprint density at radius 2 is 2.04 bits per heavy atom. The van der Waals surface area contributed by atoms with Gasteiger partial charge in [-0.25, -0.2) is 9.78 Å². The maximum absolute atomic E-state index is 12.5. The molecule has 0 fully saturated rings.